The number of hydrogen-bond donors (Lipinski definition) is 3. The Bertz CT molecular complexity index is 2310. The molecule has 0 spiro atoms. The summed E-state index contributed by atoms with van der Waals surface area (Å²) in [6.45, 7) is 11.0. The molecule has 2 saturated heterocycles. The Balaban J connectivity index is 0.841. The van der Waals surface area contributed by atoms with Crippen molar-refractivity contribution < 1.29 is 24.0 Å². The van der Waals surface area contributed by atoms with Gasteiger partial charge >= 0.3 is 0 Å². The molecule has 4 aliphatic rings. The van der Waals surface area contributed by atoms with Crippen molar-refractivity contribution in [3.63, 3.8) is 0 Å². The summed E-state index contributed by atoms with van der Waals surface area (Å²) in [6, 6.07) is 12.5. The standard InChI is InChI=1S/C41H46N10O5S/c1-23-10-12-27(13-11-23)37-36-24(2)25(3)57-41(36)51-26(4)45-46-38(51)31(43-37)21-34(53)47-49-19-17-48(18-20-49)35(54)9-6-16-42-30-8-5-7-28-29(30)22-50(40(28)56)32-14-15-33(52)44-39(32)55/h5,7-8,10-13,31-32,42H,6,9,14-22H2,1-4H3,(H,47,53)(H,44,52,55)/t31-,32?/m0/s1. The fourth-order valence-corrected chi connectivity index (χ4v) is 9.29. The molecule has 15 nitrogen and oxygen atoms in total. The van der Waals surface area contributed by atoms with E-state index in [0.29, 0.717) is 63.4 Å². The van der Waals surface area contributed by atoms with Crippen LogP contribution in [0.5, 0.6) is 0 Å². The first-order chi connectivity index (χ1) is 27.5. The second-order valence-electron chi connectivity index (χ2n) is 15.1. The zero-order chi connectivity index (χ0) is 40.0. The fourth-order valence-electron chi connectivity index (χ4n) is 8.07. The molecule has 0 aliphatic carbocycles. The summed E-state index contributed by atoms with van der Waals surface area (Å²) in [5.74, 6) is 0.262. The molecule has 0 radical (unpaired) electrons. The lowest BCUT2D eigenvalue weighted by molar-refractivity contribution is -0.137. The Hall–Kier alpha value is -5.74. The van der Waals surface area contributed by atoms with E-state index in [1.54, 1.807) is 23.5 Å². The number of anilines is 1. The minimum Gasteiger partial charge on any atom is -0.385 e. The van der Waals surface area contributed by atoms with Crippen molar-refractivity contribution in [2.24, 2.45) is 4.99 Å². The molecule has 2 fully saturated rings. The monoisotopic (exact) mass is 790 g/mol. The number of imide groups is 1. The summed E-state index contributed by atoms with van der Waals surface area (Å²) < 4.78 is 2.05. The number of benzene rings is 2. The molecular formula is C41H46N10O5S. The molecular weight excluding hydrogens is 745 g/mol. The van der Waals surface area contributed by atoms with Crippen LogP contribution in [0.3, 0.4) is 0 Å². The fraction of sp³-hybridized carbons (Fsp3) is 0.415. The van der Waals surface area contributed by atoms with E-state index in [4.69, 9.17) is 4.99 Å². The Morgan fingerprint density at radius 3 is 2.49 bits per heavy atom. The number of hydrogen-bond acceptors (Lipinski definition) is 11. The molecule has 4 aromatic rings. The number of fused-ring (bicyclic) bond motifs is 4. The number of nitrogens with zero attached hydrogens (tertiary/aromatic N) is 7. The van der Waals surface area contributed by atoms with Crippen molar-refractivity contribution in [2.45, 2.75) is 78.4 Å². The summed E-state index contributed by atoms with van der Waals surface area (Å²) in [5, 5.41) is 17.5. The van der Waals surface area contributed by atoms with Crippen LogP contribution in [0.1, 0.15) is 92.8 Å². The predicted molar refractivity (Wildman–Crippen MR) is 214 cm³/mol. The average Bonchev–Trinajstić information content (AvgIpc) is 3.81. The van der Waals surface area contributed by atoms with Crippen molar-refractivity contribution in [1.82, 2.24) is 40.3 Å². The topological polar surface area (TPSA) is 174 Å². The Labute approximate surface area is 334 Å². The lowest BCUT2D eigenvalue weighted by Gasteiger charge is -2.35. The molecule has 8 rings (SSSR count). The van der Waals surface area contributed by atoms with Crippen LogP contribution in [0.25, 0.3) is 5.00 Å². The third kappa shape index (κ3) is 7.46. The van der Waals surface area contributed by atoms with Gasteiger partial charge in [-0.25, -0.2) is 5.01 Å². The van der Waals surface area contributed by atoms with E-state index in [1.165, 1.54) is 9.78 Å². The van der Waals surface area contributed by atoms with Gasteiger partial charge in [-0.2, -0.15) is 0 Å². The van der Waals surface area contributed by atoms with Crippen molar-refractivity contribution in [3.05, 3.63) is 92.4 Å². The van der Waals surface area contributed by atoms with Crippen molar-refractivity contribution in [2.75, 3.05) is 38.0 Å². The molecule has 3 N–H and O–H groups in total. The van der Waals surface area contributed by atoms with Crippen molar-refractivity contribution >= 4 is 52.3 Å². The van der Waals surface area contributed by atoms with Gasteiger partial charge < -0.3 is 15.1 Å². The van der Waals surface area contributed by atoms with E-state index in [9.17, 15) is 24.0 Å². The van der Waals surface area contributed by atoms with Gasteiger partial charge in [0.15, 0.2) is 5.82 Å². The number of nitrogens with one attached hydrogen (secondary N) is 3. The van der Waals surface area contributed by atoms with Gasteiger partial charge in [-0.1, -0.05) is 35.9 Å². The number of aromatic nitrogens is 3. The molecule has 2 atom stereocenters. The number of carbonyl (C=O) groups excluding carboxylic acids is 5. The number of rotatable bonds is 10. The van der Waals surface area contributed by atoms with Crippen molar-refractivity contribution in [3.8, 4) is 5.00 Å². The molecule has 6 heterocycles. The third-order valence-corrected chi connectivity index (χ3v) is 12.5. The predicted octanol–water partition coefficient (Wildman–Crippen LogP) is 3.67. The average molecular weight is 791 g/mol. The maximum atomic E-state index is 13.6. The summed E-state index contributed by atoms with van der Waals surface area (Å²) >= 11 is 1.68. The van der Waals surface area contributed by atoms with Gasteiger partial charge in [0, 0.05) is 84.9 Å². The van der Waals surface area contributed by atoms with Gasteiger partial charge in [-0.05, 0) is 58.2 Å². The summed E-state index contributed by atoms with van der Waals surface area (Å²) in [4.78, 5) is 73.9. The normalized spacial score (nSPS) is 19.4. The smallest absolute Gasteiger partial charge is 0.255 e. The van der Waals surface area contributed by atoms with E-state index >= 15 is 0 Å². The highest BCUT2D eigenvalue weighted by Crippen LogP contribution is 2.39. The number of aryl methyl sites for hydroxylation is 3. The first-order valence-electron chi connectivity index (χ1n) is 19.5. The molecule has 2 aromatic heterocycles. The van der Waals surface area contributed by atoms with Gasteiger partial charge in [0.2, 0.25) is 23.6 Å². The number of piperidine rings is 1. The maximum absolute atomic E-state index is 13.6. The quantitative estimate of drug-likeness (QED) is 0.160. The Kier molecular flexibility index (Phi) is 10.5. The SMILES string of the molecule is Cc1ccc(C2=N[C@@H](CC(=O)NN3CCN(C(=O)CCCNc4cccc5c4CN(C4CCC(=O)NC4=O)C5=O)CC3)c3nnc(C)n3-c3sc(C)c(C)c32)cc1. The van der Waals surface area contributed by atoms with Crippen LogP contribution < -0.4 is 16.1 Å². The third-order valence-electron chi connectivity index (χ3n) is 11.3. The molecule has 5 amide bonds. The van der Waals surface area contributed by atoms with Crippen LogP contribution in [-0.2, 0) is 25.7 Å². The zero-order valence-corrected chi connectivity index (χ0v) is 33.4. The van der Waals surface area contributed by atoms with E-state index in [0.717, 1.165) is 50.0 Å². The molecule has 4 aliphatic heterocycles. The molecule has 16 heteroatoms. The van der Waals surface area contributed by atoms with Crippen LogP contribution in [0.15, 0.2) is 47.5 Å². The van der Waals surface area contributed by atoms with Crippen LogP contribution >= 0.6 is 11.3 Å². The number of aliphatic imine (C=N–C) groups is 1. The van der Waals surface area contributed by atoms with Gasteiger partial charge in [0.1, 0.15) is 22.9 Å². The van der Waals surface area contributed by atoms with Gasteiger partial charge in [0.25, 0.3) is 5.91 Å². The lowest BCUT2D eigenvalue weighted by atomic mass is 9.99. The van der Waals surface area contributed by atoms with E-state index in [-0.39, 0.29) is 43.0 Å². The molecule has 2 aromatic carbocycles. The molecule has 0 bridgehead atoms. The minimum absolute atomic E-state index is 0.0458. The second kappa shape index (κ2) is 15.7. The van der Waals surface area contributed by atoms with Gasteiger partial charge in [-0.3, -0.25) is 44.3 Å². The number of hydrazine groups is 1. The number of carbonyl (C=O) groups is 5. The van der Waals surface area contributed by atoms with Gasteiger partial charge in [-0.15, -0.1) is 21.5 Å². The minimum atomic E-state index is -0.675. The highest BCUT2D eigenvalue weighted by molar-refractivity contribution is 7.15. The first-order valence-corrected chi connectivity index (χ1v) is 20.3. The highest BCUT2D eigenvalue weighted by atomic mass is 32.1. The van der Waals surface area contributed by atoms with E-state index < -0.39 is 18.0 Å². The summed E-state index contributed by atoms with van der Waals surface area (Å²) in [6.07, 6.45) is 1.53. The molecule has 0 saturated carbocycles. The van der Waals surface area contributed by atoms with Crippen LogP contribution in [0.2, 0.25) is 0 Å². The second-order valence-corrected chi connectivity index (χ2v) is 16.3. The van der Waals surface area contributed by atoms with Crippen LogP contribution in [0.4, 0.5) is 5.69 Å². The highest BCUT2D eigenvalue weighted by Gasteiger charge is 2.40. The molecule has 57 heavy (non-hydrogen) atoms. The van der Waals surface area contributed by atoms with Crippen LogP contribution in [-0.4, -0.2) is 104 Å². The van der Waals surface area contributed by atoms with Gasteiger partial charge in [0.05, 0.1) is 12.1 Å². The van der Waals surface area contributed by atoms with E-state index in [1.807, 2.05) is 27.5 Å². The molecule has 296 valence electrons. The van der Waals surface area contributed by atoms with Crippen molar-refractivity contribution in [1.29, 1.82) is 0 Å². The number of piperazine rings is 1. The van der Waals surface area contributed by atoms with Crippen LogP contribution in [0, 0.1) is 27.7 Å². The first kappa shape index (κ1) is 38.1. The molecule has 1 unspecified atom stereocenters. The summed E-state index contributed by atoms with van der Waals surface area (Å²) in [5.41, 5.74) is 10.4. The summed E-state index contributed by atoms with van der Waals surface area (Å²) in [7, 11) is 0. The lowest BCUT2D eigenvalue weighted by Crippen LogP contribution is -2.54. The maximum Gasteiger partial charge on any atom is 0.255 e. The number of thiophene rings is 1. The largest absolute Gasteiger partial charge is 0.385 e. The Morgan fingerprint density at radius 2 is 1.74 bits per heavy atom. The zero-order valence-electron chi connectivity index (χ0n) is 32.6. The van der Waals surface area contributed by atoms with E-state index in [2.05, 4.69) is 71.3 Å². The number of amides is 5. The Morgan fingerprint density at radius 1 is 0.965 bits per heavy atom.